The standard InChI is InChI=1S/C13H13ClN4S/c14-8-2-1-3-9(6-8)16-12-10-7-15-5-4-11(10)17-13(19)18-12/h1-3,6,15H,4-5,7H2,(H2,16,17,18,19). The summed E-state index contributed by atoms with van der Waals surface area (Å²) in [4.78, 5) is 7.54. The number of aromatic amines is 1. The van der Waals surface area contributed by atoms with Crippen LogP contribution >= 0.6 is 23.8 Å². The number of nitrogens with one attached hydrogen (secondary N) is 3. The molecule has 0 amide bonds. The fraction of sp³-hybridized carbons (Fsp3) is 0.231. The highest BCUT2D eigenvalue weighted by Gasteiger charge is 2.15. The first-order valence-corrected chi connectivity index (χ1v) is 6.86. The molecule has 0 aliphatic carbocycles. The molecule has 0 atom stereocenters. The van der Waals surface area contributed by atoms with E-state index in [2.05, 4.69) is 20.6 Å². The van der Waals surface area contributed by atoms with Gasteiger partial charge in [-0.15, -0.1) is 0 Å². The predicted octanol–water partition coefficient (Wildman–Crippen LogP) is 3.18. The third-order valence-corrected chi connectivity index (χ3v) is 3.49. The Labute approximate surface area is 121 Å². The molecule has 3 N–H and O–H groups in total. The van der Waals surface area contributed by atoms with Crippen molar-refractivity contribution in [2.24, 2.45) is 0 Å². The predicted molar refractivity (Wildman–Crippen MR) is 79.6 cm³/mol. The molecule has 0 radical (unpaired) electrons. The lowest BCUT2D eigenvalue weighted by Gasteiger charge is -2.20. The van der Waals surface area contributed by atoms with Crippen LogP contribution in [0.5, 0.6) is 0 Å². The average Bonchev–Trinajstić information content (AvgIpc) is 2.38. The SMILES string of the molecule is S=c1nc(Nc2cccc(Cl)c2)c2c([nH]1)CCNC2. The highest BCUT2D eigenvalue weighted by molar-refractivity contribution is 7.71. The zero-order chi connectivity index (χ0) is 13.2. The minimum atomic E-state index is 0.505. The summed E-state index contributed by atoms with van der Waals surface area (Å²) < 4.78 is 0.505. The number of H-pyrrole nitrogens is 1. The number of aromatic nitrogens is 2. The molecule has 19 heavy (non-hydrogen) atoms. The Bertz CT molecular complexity index is 668. The van der Waals surface area contributed by atoms with Crippen LogP contribution in [0.3, 0.4) is 0 Å². The molecule has 1 aromatic heterocycles. The van der Waals surface area contributed by atoms with E-state index in [-0.39, 0.29) is 0 Å². The van der Waals surface area contributed by atoms with Gasteiger partial charge in [0.2, 0.25) is 0 Å². The maximum absolute atomic E-state index is 5.99. The Kier molecular flexibility index (Phi) is 3.50. The van der Waals surface area contributed by atoms with E-state index in [9.17, 15) is 0 Å². The van der Waals surface area contributed by atoms with Gasteiger partial charge < -0.3 is 15.6 Å². The summed E-state index contributed by atoms with van der Waals surface area (Å²) in [6, 6.07) is 7.56. The van der Waals surface area contributed by atoms with Gasteiger partial charge in [0.15, 0.2) is 4.77 Å². The molecule has 0 unspecified atom stereocenters. The van der Waals surface area contributed by atoms with Crippen LogP contribution in [0, 0.1) is 4.77 Å². The summed E-state index contributed by atoms with van der Waals surface area (Å²) >= 11 is 11.2. The number of halogens is 1. The maximum Gasteiger partial charge on any atom is 0.198 e. The van der Waals surface area contributed by atoms with Crippen LogP contribution in [0.4, 0.5) is 11.5 Å². The van der Waals surface area contributed by atoms with Crippen LogP contribution in [0.25, 0.3) is 0 Å². The lowest BCUT2D eigenvalue weighted by molar-refractivity contribution is 0.626. The van der Waals surface area contributed by atoms with Crippen LogP contribution in [-0.4, -0.2) is 16.5 Å². The van der Waals surface area contributed by atoms with E-state index in [1.807, 2.05) is 24.3 Å². The lowest BCUT2D eigenvalue weighted by Crippen LogP contribution is -2.26. The molecule has 6 heteroatoms. The van der Waals surface area contributed by atoms with Crippen molar-refractivity contribution in [2.45, 2.75) is 13.0 Å². The Morgan fingerprint density at radius 2 is 2.26 bits per heavy atom. The number of hydrogen-bond acceptors (Lipinski definition) is 4. The van der Waals surface area contributed by atoms with E-state index in [1.165, 1.54) is 0 Å². The second kappa shape index (κ2) is 5.28. The molecule has 2 heterocycles. The Hall–Kier alpha value is -1.43. The molecular formula is C13H13ClN4S. The van der Waals surface area contributed by atoms with Gasteiger partial charge in [0, 0.05) is 41.5 Å². The summed E-state index contributed by atoms with van der Waals surface area (Å²) in [5.74, 6) is 0.799. The van der Waals surface area contributed by atoms with Gasteiger partial charge in [0.1, 0.15) is 5.82 Å². The van der Waals surface area contributed by atoms with Gasteiger partial charge in [0.05, 0.1) is 0 Å². The molecule has 0 fully saturated rings. The Morgan fingerprint density at radius 3 is 3.11 bits per heavy atom. The maximum atomic E-state index is 5.99. The highest BCUT2D eigenvalue weighted by Crippen LogP contribution is 2.24. The Balaban J connectivity index is 2.00. The average molecular weight is 293 g/mol. The van der Waals surface area contributed by atoms with Crippen molar-refractivity contribution in [3.8, 4) is 0 Å². The zero-order valence-electron chi connectivity index (χ0n) is 10.2. The van der Waals surface area contributed by atoms with Crippen LogP contribution in [0.15, 0.2) is 24.3 Å². The molecule has 1 aliphatic rings. The summed E-state index contributed by atoms with van der Waals surface area (Å²) in [5.41, 5.74) is 3.21. The molecule has 1 aliphatic heterocycles. The van der Waals surface area contributed by atoms with Crippen molar-refractivity contribution in [2.75, 3.05) is 11.9 Å². The van der Waals surface area contributed by atoms with E-state index in [4.69, 9.17) is 23.8 Å². The fourth-order valence-corrected chi connectivity index (χ4v) is 2.59. The van der Waals surface area contributed by atoms with Crippen molar-refractivity contribution in [1.82, 2.24) is 15.3 Å². The van der Waals surface area contributed by atoms with E-state index in [0.717, 1.165) is 42.3 Å². The Morgan fingerprint density at radius 1 is 1.37 bits per heavy atom. The van der Waals surface area contributed by atoms with Crippen molar-refractivity contribution >= 4 is 35.3 Å². The van der Waals surface area contributed by atoms with Gasteiger partial charge in [0.25, 0.3) is 0 Å². The number of hydrogen-bond donors (Lipinski definition) is 3. The zero-order valence-corrected chi connectivity index (χ0v) is 11.7. The minimum absolute atomic E-state index is 0.505. The molecule has 2 aromatic rings. The van der Waals surface area contributed by atoms with E-state index in [0.29, 0.717) is 9.79 Å². The topological polar surface area (TPSA) is 52.7 Å². The molecule has 0 spiro atoms. The molecule has 0 saturated heterocycles. The normalized spacial score (nSPS) is 13.9. The summed E-state index contributed by atoms with van der Waals surface area (Å²) in [6.07, 6.45) is 0.936. The first-order valence-electron chi connectivity index (χ1n) is 6.08. The van der Waals surface area contributed by atoms with Crippen LogP contribution in [0.1, 0.15) is 11.3 Å². The van der Waals surface area contributed by atoms with Crippen LogP contribution < -0.4 is 10.6 Å². The van der Waals surface area contributed by atoms with Crippen molar-refractivity contribution in [3.05, 3.63) is 45.3 Å². The highest BCUT2D eigenvalue weighted by atomic mass is 35.5. The largest absolute Gasteiger partial charge is 0.340 e. The first-order chi connectivity index (χ1) is 9.22. The molecular weight excluding hydrogens is 280 g/mol. The third kappa shape index (κ3) is 2.78. The summed E-state index contributed by atoms with van der Waals surface area (Å²) in [6.45, 7) is 1.75. The van der Waals surface area contributed by atoms with Gasteiger partial charge in [-0.3, -0.25) is 0 Å². The van der Waals surface area contributed by atoms with Crippen LogP contribution in [-0.2, 0) is 13.0 Å². The van der Waals surface area contributed by atoms with E-state index < -0.39 is 0 Å². The number of anilines is 2. The smallest absolute Gasteiger partial charge is 0.198 e. The fourth-order valence-electron chi connectivity index (χ4n) is 2.18. The van der Waals surface area contributed by atoms with Crippen molar-refractivity contribution in [3.63, 3.8) is 0 Å². The number of rotatable bonds is 2. The number of fused-ring (bicyclic) bond motifs is 1. The minimum Gasteiger partial charge on any atom is -0.340 e. The van der Waals surface area contributed by atoms with Crippen molar-refractivity contribution < 1.29 is 0 Å². The van der Waals surface area contributed by atoms with Gasteiger partial charge in [-0.2, -0.15) is 0 Å². The number of benzene rings is 1. The van der Waals surface area contributed by atoms with Gasteiger partial charge in [-0.05, 0) is 30.4 Å². The second-order valence-electron chi connectivity index (χ2n) is 4.41. The quantitative estimate of drug-likeness (QED) is 0.744. The van der Waals surface area contributed by atoms with Gasteiger partial charge in [-0.25, -0.2) is 4.98 Å². The van der Waals surface area contributed by atoms with Gasteiger partial charge >= 0.3 is 0 Å². The van der Waals surface area contributed by atoms with E-state index in [1.54, 1.807) is 0 Å². The first kappa shape index (κ1) is 12.6. The lowest BCUT2D eigenvalue weighted by atomic mass is 10.1. The molecule has 4 nitrogen and oxygen atoms in total. The third-order valence-electron chi connectivity index (χ3n) is 3.06. The molecule has 0 bridgehead atoms. The second-order valence-corrected chi connectivity index (χ2v) is 5.23. The van der Waals surface area contributed by atoms with Gasteiger partial charge in [-0.1, -0.05) is 17.7 Å². The summed E-state index contributed by atoms with van der Waals surface area (Å²) in [7, 11) is 0. The van der Waals surface area contributed by atoms with Crippen LogP contribution in [0.2, 0.25) is 5.02 Å². The van der Waals surface area contributed by atoms with Crippen molar-refractivity contribution in [1.29, 1.82) is 0 Å². The summed E-state index contributed by atoms with van der Waals surface area (Å²) in [5, 5.41) is 7.32. The molecule has 98 valence electrons. The number of nitrogens with zero attached hydrogens (tertiary/aromatic N) is 1. The molecule has 0 saturated carbocycles. The molecule has 3 rings (SSSR count). The van der Waals surface area contributed by atoms with E-state index >= 15 is 0 Å². The monoisotopic (exact) mass is 292 g/mol. The molecule has 1 aromatic carbocycles.